The van der Waals surface area contributed by atoms with Gasteiger partial charge in [0.25, 0.3) is 0 Å². The molecule has 8 heteroatoms. The van der Waals surface area contributed by atoms with E-state index in [1.807, 2.05) is 6.20 Å². The minimum absolute atomic E-state index is 0. The van der Waals surface area contributed by atoms with Gasteiger partial charge in [-0.3, -0.25) is 4.79 Å². The van der Waals surface area contributed by atoms with E-state index in [4.69, 9.17) is 5.73 Å². The summed E-state index contributed by atoms with van der Waals surface area (Å²) in [5.41, 5.74) is 7.56. The molecular formula is C21H35Cl3N4O. The van der Waals surface area contributed by atoms with Gasteiger partial charge in [0.2, 0.25) is 5.91 Å². The van der Waals surface area contributed by atoms with Crippen molar-refractivity contribution in [2.24, 2.45) is 23.5 Å². The van der Waals surface area contributed by atoms with E-state index in [9.17, 15) is 4.79 Å². The fourth-order valence-corrected chi connectivity index (χ4v) is 5.22. The maximum absolute atomic E-state index is 12.8. The normalized spacial score (nSPS) is 29.0. The Balaban J connectivity index is 0.00000140. The van der Waals surface area contributed by atoms with E-state index in [0.717, 1.165) is 44.6 Å². The maximum atomic E-state index is 12.8. The second-order valence-corrected chi connectivity index (χ2v) is 8.66. The van der Waals surface area contributed by atoms with Crippen LogP contribution < -0.4 is 16.0 Å². The highest BCUT2D eigenvalue weighted by Gasteiger charge is 2.40. The van der Waals surface area contributed by atoms with Crippen molar-refractivity contribution in [3.05, 3.63) is 23.9 Å². The average Bonchev–Trinajstić information content (AvgIpc) is 2.63. The van der Waals surface area contributed by atoms with Gasteiger partial charge in [-0.05, 0) is 68.9 Å². The number of nitrogens with two attached hydrogens (primary N) is 1. The number of carbonyl (C=O) groups is 1. The molecule has 166 valence electrons. The van der Waals surface area contributed by atoms with Gasteiger partial charge in [-0.25, -0.2) is 4.98 Å². The molecule has 3 fully saturated rings. The van der Waals surface area contributed by atoms with E-state index in [-0.39, 0.29) is 49.0 Å². The number of hydrogen-bond acceptors (Lipinski definition) is 4. The average molecular weight is 466 g/mol. The van der Waals surface area contributed by atoms with Crippen molar-refractivity contribution in [2.45, 2.75) is 64.0 Å². The van der Waals surface area contributed by atoms with Gasteiger partial charge in [0.15, 0.2) is 0 Å². The summed E-state index contributed by atoms with van der Waals surface area (Å²) < 4.78 is 0. The number of amides is 1. The summed E-state index contributed by atoms with van der Waals surface area (Å²) in [5.74, 6) is 2.64. The molecule has 5 nitrogen and oxygen atoms in total. The van der Waals surface area contributed by atoms with Gasteiger partial charge < -0.3 is 16.0 Å². The molecule has 2 atom stereocenters. The van der Waals surface area contributed by atoms with Crippen LogP contribution in [0.1, 0.15) is 50.5 Å². The lowest BCUT2D eigenvalue weighted by molar-refractivity contribution is -0.128. The summed E-state index contributed by atoms with van der Waals surface area (Å²) in [6.45, 7) is 3.98. The van der Waals surface area contributed by atoms with Crippen LogP contribution in [-0.4, -0.2) is 36.1 Å². The number of aryl methyl sites for hydroxylation is 1. The fraction of sp³-hybridized carbons (Fsp3) is 0.714. The smallest absolute Gasteiger partial charge is 0.223 e. The molecule has 3 N–H and O–H groups in total. The third-order valence-electron chi connectivity index (χ3n) is 6.84. The van der Waals surface area contributed by atoms with Crippen LogP contribution in [0.25, 0.3) is 0 Å². The Bertz CT molecular complexity index is 623. The summed E-state index contributed by atoms with van der Waals surface area (Å²) in [7, 11) is 0. The van der Waals surface area contributed by atoms with Crippen LogP contribution in [0, 0.1) is 24.7 Å². The van der Waals surface area contributed by atoms with E-state index < -0.39 is 0 Å². The van der Waals surface area contributed by atoms with Gasteiger partial charge in [0.05, 0.1) is 0 Å². The molecule has 1 aromatic heterocycles. The molecule has 2 unspecified atom stereocenters. The zero-order chi connectivity index (χ0) is 18.1. The number of aromatic nitrogens is 1. The molecule has 2 heterocycles. The lowest BCUT2D eigenvalue weighted by Gasteiger charge is -2.44. The number of nitrogens with one attached hydrogen (secondary N) is 1. The largest absolute Gasteiger partial charge is 0.356 e. The Morgan fingerprint density at radius 2 is 1.69 bits per heavy atom. The zero-order valence-electron chi connectivity index (χ0n) is 17.1. The van der Waals surface area contributed by atoms with Crippen molar-refractivity contribution in [3.63, 3.8) is 0 Å². The molecule has 1 aliphatic heterocycles. The number of fused-ring (bicyclic) bond motifs is 2. The van der Waals surface area contributed by atoms with Crippen LogP contribution in [0.3, 0.4) is 0 Å². The predicted octanol–water partition coefficient (Wildman–Crippen LogP) is 3.89. The summed E-state index contributed by atoms with van der Waals surface area (Å²) in [4.78, 5) is 19.7. The third kappa shape index (κ3) is 6.13. The lowest BCUT2D eigenvalue weighted by atomic mass is 9.65. The molecular weight excluding hydrogens is 431 g/mol. The van der Waals surface area contributed by atoms with Crippen molar-refractivity contribution in [3.8, 4) is 0 Å². The monoisotopic (exact) mass is 464 g/mol. The first-order valence-electron chi connectivity index (χ1n) is 10.3. The predicted molar refractivity (Wildman–Crippen MR) is 126 cm³/mol. The molecule has 2 aliphatic carbocycles. The van der Waals surface area contributed by atoms with E-state index in [2.05, 4.69) is 34.3 Å². The minimum atomic E-state index is 0. The zero-order valence-corrected chi connectivity index (χ0v) is 19.5. The molecule has 3 aliphatic rings. The Labute approximate surface area is 193 Å². The van der Waals surface area contributed by atoms with Crippen LogP contribution in [0.15, 0.2) is 18.3 Å². The van der Waals surface area contributed by atoms with Gasteiger partial charge in [-0.2, -0.15) is 0 Å². The van der Waals surface area contributed by atoms with Crippen LogP contribution >= 0.6 is 37.2 Å². The van der Waals surface area contributed by atoms with Crippen LogP contribution in [-0.2, 0) is 4.79 Å². The summed E-state index contributed by atoms with van der Waals surface area (Å²) >= 11 is 0. The van der Waals surface area contributed by atoms with Crippen molar-refractivity contribution >= 4 is 48.9 Å². The Morgan fingerprint density at radius 1 is 1.07 bits per heavy atom. The highest BCUT2D eigenvalue weighted by atomic mass is 35.5. The second-order valence-electron chi connectivity index (χ2n) is 8.66. The number of carbonyl (C=O) groups excluding carboxylic acids is 1. The number of anilines is 1. The quantitative estimate of drug-likeness (QED) is 0.710. The first-order chi connectivity index (χ1) is 12.6. The highest BCUT2D eigenvalue weighted by Crippen LogP contribution is 2.42. The van der Waals surface area contributed by atoms with Crippen molar-refractivity contribution in [1.29, 1.82) is 0 Å². The number of halogens is 3. The van der Waals surface area contributed by atoms with E-state index in [0.29, 0.717) is 23.9 Å². The SMILES string of the molecule is Cc1ccc(N2CCC(NC(=O)C3CC4CCCC(C3)C4N)CC2)nc1.Cl.Cl.Cl. The summed E-state index contributed by atoms with van der Waals surface area (Å²) in [6.07, 6.45) is 9.63. The number of hydrogen-bond donors (Lipinski definition) is 2. The van der Waals surface area contributed by atoms with E-state index >= 15 is 0 Å². The topological polar surface area (TPSA) is 71.2 Å². The molecule has 29 heavy (non-hydrogen) atoms. The number of piperidine rings is 1. The Morgan fingerprint density at radius 3 is 2.24 bits per heavy atom. The fourth-order valence-electron chi connectivity index (χ4n) is 5.22. The molecule has 0 spiro atoms. The van der Waals surface area contributed by atoms with Gasteiger partial charge >= 0.3 is 0 Å². The number of rotatable bonds is 3. The number of nitrogens with zero attached hydrogens (tertiary/aromatic N) is 2. The van der Waals surface area contributed by atoms with Crippen molar-refractivity contribution < 1.29 is 4.79 Å². The molecule has 0 aromatic carbocycles. The molecule has 2 saturated carbocycles. The molecule has 0 radical (unpaired) electrons. The van der Waals surface area contributed by atoms with Crippen LogP contribution in [0.2, 0.25) is 0 Å². The van der Waals surface area contributed by atoms with E-state index in [1.54, 1.807) is 0 Å². The minimum Gasteiger partial charge on any atom is -0.356 e. The third-order valence-corrected chi connectivity index (χ3v) is 6.84. The standard InChI is InChI=1S/C21H32N4O.3ClH/c1-14-5-6-19(23-13-14)25-9-7-18(8-10-25)24-21(26)17-11-15-3-2-4-16(12-17)20(15)22;;;/h5-6,13,15-18,20H,2-4,7-12,22H2,1H3,(H,24,26);3*1H. The molecule has 2 bridgehead atoms. The van der Waals surface area contributed by atoms with Gasteiger partial charge in [0.1, 0.15) is 5.82 Å². The van der Waals surface area contributed by atoms with Crippen LogP contribution in [0.5, 0.6) is 0 Å². The maximum Gasteiger partial charge on any atom is 0.223 e. The summed E-state index contributed by atoms with van der Waals surface area (Å²) in [5, 5.41) is 3.35. The molecule has 1 saturated heterocycles. The Kier molecular flexibility index (Phi) is 10.5. The first-order valence-corrected chi connectivity index (χ1v) is 10.3. The van der Waals surface area contributed by atoms with Gasteiger partial charge in [0, 0.05) is 37.3 Å². The highest BCUT2D eigenvalue weighted by molar-refractivity contribution is 5.86. The van der Waals surface area contributed by atoms with Crippen molar-refractivity contribution in [1.82, 2.24) is 10.3 Å². The van der Waals surface area contributed by atoms with Crippen molar-refractivity contribution in [2.75, 3.05) is 18.0 Å². The van der Waals surface area contributed by atoms with E-state index in [1.165, 1.54) is 24.8 Å². The molecule has 4 rings (SSSR count). The second kappa shape index (κ2) is 11.6. The Hall–Kier alpha value is -0.750. The first kappa shape index (κ1) is 26.3. The lowest BCUT2D eigenvalue weighted by Crippen LogP contribution is -2.51. The van der Waals surface area contributed by atoms with Gasteiger partial charge in [-0.1, -0.05) is 12.5 Å². The van der Waals surface area contributed by atoms with Gasteiger partial charge in [-0.15, -0.1) is 37.2 Å². The summed E-state index contributed by atoms with van der Waals surface area (Å²) in [6, 6.07) is 4.84. The molecule has 1 aromatic rings. The number of pyridine rings is 1. The molecule has 1 amide bonds. The van der Waals surface area contributed by atoms with Crippen LogP contribution in [0.4, 0.5) is 5.82 Å².